The maximum Gasteiger partial charge on any atom is 0.0325 e. The summed E-state index contributed by atoms with van der Waals surface area (Å²) in [5.74, 6) is 0. The number of hydrogen-bond donors (Lipinski definition) is 1. The van der Waals surface area contributed by atoms with Crippen LogP contribution in [0.5, 0.6) is 0 Å². The van der Waals surface area contributed by atoms with Crippen LogP contribution in [0.25, 0.3) is 0 Å². The molecular weight excluding hydrogens is 218 g/mol. The molecule has 1 atom stereocenters. The van der Waals surface area contributed by atoms with E-state index in [1.807, 2.05) is 0 Å². The van der Waals surface area contributed by atoms with Crippen LogP contribution >= 0.6 is 0 Å². The van der Waals surface area contributed by atoms with Gasteiger partial charge in [0, 0.05) is 6.04 Å². The van der Waals surface area contributed by atoms with E-state index in [2.05, 4.69) is 51.2 Å². The summed E-state index contributed by atoms with van der Waals surface area (Å²) in [7, 11) is 0. The van der Waals surface area contributed by atoms with Crippen LogP contribution in [0.1, 0.15) is 68.7 Å². The maximum atomic E-state index is 3.73. The van der Waals surface area contributed by atoms with Crippen molar-refractivity contribution in [3.05, 3.63) is 34.9 Å². The fraction of sp³-hybridized carbons (Fsp3) is 0.647. The van der Waals surface area contributed by atoms with Crippen LogP contribution in [-0.2, 0) is 0 Å². The summed E-state index contributed by atoms with van der Waals surface area (Å²) < 4.78 is 0. The molecule has 1 N–H and O–H groups in total. The standard InChI is InChI=1S/C17H29N/c1-5-7-8-12-16(18-13-6-2)17-14(3)10-9-11-15(17)4/h9-11,16,18H,5-8,12-13H2,1-4H3. The molecule has 0 aliphatic heterocycles. The van der Waals surface area contributed by atoms with Crippen molar-refractivity contribution in [1.29, 1.82) is 0 Å². The lowest BCUT2D eigenvalue weighted by molar-refractivity contribution is 0.471. The van der Waals surface area contributed by atoms with Gasteiger partial charge in [-0.25, -0.2) is 0 Å². The molecule has 1 aromatic rings. The van der Waals surface area contributed by atoms with E-state index >= 15 is 0 Å². The zero-order valence-electron chi connectivity index (χ0n) is 12.6. The first-order valence-electron chi connectivity index (χ1n) is 7.50. The zero-order valence-corrected chi connectivity index (χ0v) is 12.6. The lowest BCUT2D eigenvalue weighted by atomic mass is 9.92. The summed E-state index contributed by atoms with van der Waals surface area (Å²) in [5.41, 5.74) is 4.39. The predicted octanol–water partition coefficient (Wildman–Crippen LogP) is 4.92. The van der Waals surface area contributed by atoms with Crippen LogP contribution in [0.3, 0.4) is 0 Å². The zero-order chi connectivity index (χ0) is 13.4. The molecular formula is C17H29N. The Balaban J connectivity index is 2.79. The average molecular weight is 247 g/mol. The molecule has 0 aromatic heterocycles. The van der Waals surface area contributed by atoms with Crippen molar-refractivity contribution in [3.8, 4) is 0 Å². The summed E-state index contributed by atoms with van der Waals surface area (Å²) in [5, 5.41) is 3.73. The summed E-state index contributed by atoms with van der Waals surface area (Å²) in [6.45, 7) is 10.1. The van der Waals surface area contributed by atoms with Crippen molar-refractivity contribution < 1.29 is 0 Å². The van der Waals surface area contributed by atoms with Gasteiger partial charge in [-0.2, -0.15) is 0 Å². The summed E-state index contributed by atoms with van der Waals surface area (Å²) in [4.78, 5) is 0. The summed E-state index contributed by atoms with van der Waals surface area (Å²) in [6, 6.07) is 7.18. The summed E-state index contributed by atoms with van der Waals surface area (Å²) in [6.07, 6.45) is 6.43. The minimum atomic E-state index is 0.540. The van der Waals surface area contributed by atoms with Crippen molar-refractivity contribution >= 4 is 0 Å². The van der Waals surface area contributed by atoms with Crippen molar-refractivity contribution in [2.75, 3.05) is 6.54 Å². The van der Waals surface area contributed by atoms with Crippen LogP contribution in [0.15, 0.2) is 18.2 Å². The molecule has 1 rings (SSSR count). The average Bonchev–Trinajstić information content (AvgIpc) is 2.35. The molecule has 0 bridgehead atoms. The summed E-state index contributed by atoms with van der Waals surface area (Å²) >= 11 is 0. The van der Waals surface area contributed by atoms with E-state index in [0.29, 0.717) is 6.04 Å². The van der Waals surface area contributed by atoms with E-state index in [-0.39, 0.29) is 0 Å². The third-order valence-corrected chi connectivity index (χ3v) is 3.63. The second-order valence-electron chi connectivity index (χ2n) is 5.31. The first-order chi connectivity index (χ1) is 8.70. The highest BCUT2D eigenvalue weighted by molar-refractivity contribution is 5.36. The van der Waals surface area contributed by atoms with Gasteiger partial charge in [-0.1, -0.05) is 51.3 Å². The lowest BCUT2D eigenvalue weighted by Crippen LogP contribution is -2.23. The van der Waals surface area contributed by atoms with Gasteiger partial charge in [0.25, 0.3) is 0 Å². The van der Waals surface area contributed by atoms with Gasteiger partial charge in [0.2, 0.25) is 0 Å². The minimum Gasteiger partial charge on any atom is -0.310 e. The Labute approximate surface area is 113 Å². The molecule has 1 heteroatoms. The molecule has 1 aromatic carbocycles. The molecule has 0 fully saturated rings. The molecule has 0 aliphatic rings. The SMILES string of the molecule is CCCCCC(NCCC)c1c(C)cccc1C. The first-order valence-corrected chi connectivity index (χ1v) is 7.50. The number of nitrogens with one attached hydrogen (secondary N) is 1. The van der Waals surface area contributed by atoms with E-state index < -0.39 is 0 Å². The van der Waals surface area contributed by atoms with E-state index in [9.17, 15) is 0 Å². The Morgan fingerprint density at radius 1 is 1.00 bits per heavy atom. The molecule has 18 heavy (non-hydrogen) atoms. The highest BCUT2D eigenvalue weighted by Gasteiger charge is 2.14. The Kier molecular flexibility index (Phi) is 7.04. The molecule has 1 nitrogen and oxygen atoms in total. The number of rotatable bonds is 8. The second-order valence-corrected chi connectivity index (χ2v) is 5.31. The second kappa shape index (κ2) is 8.31. The Hall–Kier alpha value is -0.820. The fourth-order valence-corrected chi connectivity index (χ4v) is 2.64. The van der Waals surface area contributed by atoms with Crippen molar-refractivity contribution in [1.82, 2.24) is 5.32 Å². The molecule has 0 amide bonds. The van der Waals surface area contributed by atoms with Gasteiger partial charge in [0.1, 0.15) is 0 Å². The van der Waals surface area contributed by atoms with E-state index in [0.717, 1.165) is 6.54 Å². The fourth-order valence-electron chi connectivity index (χ4n) is 2.64. The predicted molar refractivity (Wildman–Crippen MR) is 81.1 cm³/mol. The molecule has 0 saturated carbocycles. The smallest absolute Gasteiger partial charge is 0.0325 e. The van der Waals surface area contributed by atoms with Gasteiger partial charge in [0.05, 0.1) is 0 Å². The van der Waals surface area contributed by atoms with Gasteiger partial charge in [-0.3, -0.25) is 0 Å². The van der Waals surface area contributed by atoms with Crippen LogP contribution in [0.4, 0.5) is 0 Å². The Morgan fingerprint density at radius 2 is 1.67 bits per heavy atom. The van der Waals surface area contributed by atoms with Gasteiger partial charge in [-0.15, -0.1) is 0 Å². The number of aryl methyl sites for hydroxylation is 2. The third kappa shape index (κ3) is 4.45. The highest BCUT2D eigenvalue weighted by atomic mass is 14.9. The van der Waals surface area contributed by atoms with Crippen molar-refractivity contribution in [2.45, 2.75) is 65.8 Å². The van der Waals surface area contributed by atoms with Crippen LogP contribution in [0, 0.1) is 13.8 Å². The van der Waals surface area contributed by atoms with E-state index in [1.54, 1.807) is 0 Å². The molecule has 0 heterocycles. The maximum absolute atomic E-state index is 3.73. The van der Waals surface area contributed by atoms with Gasteiger partial charge >= 0.3 is 0 Å². The first kappa shape index (κ1) is 15.2. The topological polar surface area (TPSA) is 12.0 Å². The van der Waals surface area contributed by atoms with E-state index in [1.165, 1.54) is 48.8 Å². The Morgan fingerprint density at radius 3 is 2.22 bits per heavy atom. The number of benzene rings is 1. The number of unbranched alkanes of at least 4 members (excludes halogenated alkanes) is 2. The quantitative estimate of drug-likeness (QED) is 0.643. The molecule has 0 saturated heterocycles. The third-order valence-electron chi connectivity index (χ3n) is 3.63. The largest absolute Gasteiger partial charge is 0.310 e. The number of hydrogen-bond acceptors (Lipinski definition) is 1. The minimum absolute atomic E-state index is 0.540. The lowest BCUT2D eigenvalue weighted by Gasteiger charge is -2.23. The van der Waals surface area contributed by atoms with Gasteiger partial charge in [-0.05, 0) is 49.9 Å². The molecule has 0 spiro atoms. The van der Waals surface area contributed by atoms with Crippen molar-refractivity contribution in [2.24, 2.45) is 0 Å². The van der Waals surface area contributed by atoms with Gasteiger partial charge in [0.15, 0.2) is 0 Å². The molecule has 0 radical (unpaired) electrons. The van der Waals surface area contributed by atoms with Crippen LogP contribution in [-0.4, -0.2) is 6.54 Å². The van der Waals surface area contributed by atoms with Crippen LogP contribution in [0.2, 0.25) is 0 Å². The normalized spacial score (nSPS) is 12.7. The molecule has 102 valence electrons. The highest BCUT2D eigenvalue weighted by Crippen LogP contribution is 2.26. The molecule has 1 unspecified atom stereocenters. The Bertz CT molecular complexity index is 323. The molecule has 0 aliphatic carbocycles. The van der Waals surface area contributed by atoms with Gasteiger partial charge < -0.3 is 5.32 Å². The monoisotopic (exact) mass is 247 g/mol. The van der Waals surface area contributed by atoms with Crippen molar-refractivity contribution in [3.63, 3.8) is 0 Å². The van der Waals surface area contributed by atoms with Crippen LogP contribution < -0.4 is 5.32 Å². The van der Waals surface area contributed by atoms with E-state index in [4.69, 9.17) is 0 Å².